The summed E-state index contributed by atoms with van der Waals surface area (Å²) in [4.78, 5) is 21.9. The molecule has 1 aromatic carbocycles. The zero-order valence-electron chi connectivity index (χ0n) is 16.3. The van der Waals surface area contributed by atoms with Crippen molar-refractivity contribution in [1.29, 1.82) is 0 Å². The first-order valence-electron chi connectivity index (χ1n) is 9.06. The van der Waals surface area contributed by atoms with Crippen molar-refractivity contribution in [2.45, 2.75) is 19.5 Å². The van der Waals surface area contributed by atoms with E-state index in [1.54, 1.807) is 25.2 Å². The predicted molar refractivity (Wildman–Crippen MR) is 112 cm³/mol. The van der Waals surface area contributed by atoms with Gasteiger partial charge in [-0.25, -0.2) is 24.0 Å². The third-order valence-electron chi connectivity index (χ3n) is 4.54. The number of anilines is 1. The van der Waals surface area contributed by atoms with E-state index in [9.17, 15) is 9.18 Å². The smallest absolute Gasteiger partial charge is 0.416 e. The van der Waals surface area contributed by atoms with Crippen LogP contribution < -0.4 is 18.9 Å². The van der Waals surface area contributed by atoms with Crippen molar-refractivity contribution in [2.75, 3.05) is 11.8 Å². The van der Waals surface area contributed by atoms with Gasteiger partial charge in [-0.3, -0.25) is 9.62 Å². The summed E-state index contributed by atoms with van der Waals surface area (Å²) in [5.74, 6) is 0.255. The lowest BCUT2D eigenvalue weighted by Gasteiger charge is -2.34. The highest BCUT2D eigenvalue weighted by Gasteiger charge is 2.32. The highest BCUT2D eigenvalue weighted by atomic mass is 35.5. The number of pyridine rings is 1. The van der Waals surface area contributed by atoms with Crippen molar-refractivity contribution in [3.05, 3.63) is 52.7 Å². The molecule has 3 aromatic rings. The summed E-state index contributed by atoms with van der Waals surface area (Å²) < 4.78 is 31.3. The number of amides is 1. The molecule has 1 aliphatic rings. The number of hydrogen-bond donors (Lipinski definition) is 3. The number of ether oxygens (including phenoxy) is 2. The molecule has 2 aromatic heterocycles. The number of nitrogens with one attached hydrogen (secondary N) is 3. The predicted octanol–water partition coefficient (Wildman–Crippen LogP) is 4.05. The van der Waals surface area contributed by atoms with Crippen LogP contribution in [0.25, 0.3) is 0 Å². The number of nitrogens with zero attached hydrogens (tertiary/aromatic N) is 4. The maximum Gasteiger partial charge on any atom is 0.416 e. The lowest BCUT2D eigenvalue weighted by Crippen LogP contribution is -2.39. The van der Waals surface area contributed by atoms with Crippen LogP contribution in [0.5, 0.6) is 17.5 Å². The highest BCUT2D eigenvalue weighted by molar-refractivity contribution is 7.98. The molecule has 1 amide bonds. The topological polar surface area (TPSA) is 117 Å². The minimum absolute atomic E-state index is 0.0145. The fraction of sp³-hybridized carbons (Fsp3) is 0.222. The molecule has 1 aliphatic heterocycles. The van der Waals surface area contributed by atoms with Gasteiger partial charge in [0.1, 0.15) is 11.5 Å². The van der Waals surface area contributed by atoms with E-state index in [1.165, 1.54) is 17.2 Å². The van der Waals surface area contributed by atoms with Gasteiger partial charge in [0.25, 0.3) is 0 Å². The molecule has 0 bridgehead atoms. The fourth-order valence-electron chi connectivity index (χ4n) is 3.03. The number of rotatable bonds is 7. The van der Waals surface area contributed by atoms with Crippen molar-refractivity contribution in [3.8, 4) is 17.5 Å². The molecule has 1 unspecified atom stereocenters. The molecule has 31 heavy (non-hydrogen) atoms. The van der Waals surface area contributed by atoms with Crippen LogP contribution in [0, 0.1) is 5.82 Å². The average molecular weight is 466 g/mol. The molecule has 0 saturated carbocycles. The average Bonchev–Trinajstić information content (AvgIpc) is 3.15. The number of aromatic nitrogens is 4. The number of carbonyl (C=O) groups excluding carboxylic acids is 1. The Morgan fingerprint density at radius 3 is 3.00 bits per heavy atom. The minimum atomic E-state index is -0.603. The summed E-state index contributed by atoms with van der Waals surface area (Å²) in [7, 11) is 1.69. The number of H-pyrrole nitrogens is 1. The lowest BCUT2D eigenvalue weighted by molar-refractivity contribution is 0.116. The van der Waals surface area contributed by atoms with Crippen LogP contribution >= 0.6 is 23.7 Å². The first-order valence-corrected chi connectivity index (χ1v) is 10.3. The molecule has 0 radical (unpaired) electrons. The molecule has 3 N–H and O–H groups in total. The summed E-state index contributed by atoms with van der Waals surface area (Å²) in [6.07, 6.45) is 0.873. The quantitative estimate of drug-likeness (QED) is 0.444. The fourth-order valence-corrected chi connectivity index (χ4v) is 3.49. The van der Waals surface area contributed by atoms with Crippen LogP contribution in [0.3, 0.4) is 0 Å². The van der Waals surface area contributed by atoms with Crippen LogP contribution in [0.1, 0.15) is 24.1 Å². The van der Waals surface area contributed by atoms with Gasteiger partial charge in [0.15, 0.2) is 11.6 Å². The van der Waals surface area contributed by atoms with E-state index in [0.29, 0.717) is 17.1 Å². The van der Waals surface area contributed by atoms with Crippen molar-refractivity contribution in [2.24, 2.45) is 0 Å². The zero-order chi connectivity index (χ0) is 22.0. The Balaban J connectivity index is 1.54. The first-order chi connectivity index (χ1) is 15.0. The standard InChI is InChI=1S/C18H17ClFN7O3S/c1-9-12-4-3-11(29-17-23-16(19)24-25-17)7-13(12)30-18(28)27(9)8-10-5-6-22-15(14(10)20)26-31-21-2/h3-7,9,21H,8H2,1-2H3,(H,22,26)(H,23,24,25). The van der Waals surface area contributed by atoms with Crippen molar-refractivity contribution in [3.63, 3.8) is 0 Å². The summed E-state index contributed by atoms with van der Waals surface area (Å²) in [5, 5.41) is 6.34. The second kappa shape index (κ2) is 8.96. The van der Waals surface area contributed by atoms with Gasteiger partial charge in [-0.1, -0.05) is 0 Å². The number of halogens is 2. The van der Waals surface area contributed by atoms with Crippen LogP contribution in [0.2, 0.25) is 5.28 Å². The molecule has 162 valence electrons. The normalized spacial score (nSPS) is 15.4. The summed E-state index contributed by atoms with van der Waals surface area (Å²) in [6, 6.07) is 6.23. The van der Waals surface area contributed by atoms with Crippen LogP contribution in [-0.4, -0.2) is 38.2 Å². The Labute approximate surface area is 185 Å². The molecule has 0 saturated heterocycles. The van der Waals surface area contributed by atoms with E-state index in [2.05, 4.69) is 29.6 Å². The maximum atomic E-state index is 14.8. The van der Waals surface area contributed by atoms with Gasteiger partial charge >= 0.3 is 12.1 Å². The van der Waals surface area contributed by atoms with E-state index in [1.807, 2.05) is 6.92 Å². The van der Waals surface area contributed by atoms with Crippen molar-refractivity contribution in [1.82, 2.24) is 29.8 Å². The van der Waals surface area contributed by atoms with Gasteiger partial charge in [0.2, 0.25) is 5.28 Å². The van der Waals surface area contributed by atoms with Crippen molar-refractivity contribution >= 4 is 35.6 Å². The summed E-state index contributed by atoms with van der Waals surface area (Å²) >= 11 is 6.77. The van der Waals surface area contributed by atoms with Gasteiger partial charge < -0.3 is 9.47 Å². The second-order valence-electron chi connectivity index (χ2n) is 6.42. The Hall–Kier alpha value is -3.09. The van der Waals surface area contributed by atoms with Gasteiger partial charge in [0.05, 0.1) is 12.6 Å². The Bertz CT molecular complexity index is 1120. The number of carbonyl (C=O) groups is 1. The van der Waals surface area contributed by atoms with E-state index in [-0.39, 0.29) is 29.7 Å². The van der Waals surface area contributed by atoms with E-state index in [4.69, 9.17) is 21.1 Å². The Morgan fingerprint density at radius 2 is 2.26 bits per heavy atom. The molecule has 3 heterocycles. The number of fused-ring (bicyclic) bond motifs is 1. The SMILES string of the molecule is CNSNc1nccc(CN2C(=O)Oc3cc(Oc4n[nH]c(Cl)n4)ccc3C2C)c1F. The summed E-state index contributed by atoms with van der Waals surface area (Å²) in [6.45, 7) is 1.85. The van der Waals surface area contributed by atoms with E-state index >= 15 is 0 Å². The number of hydrogen-bond acceptors (Lipinski definition) is 9. The Kier molecular flexibility index (Phi) is 6.11. The molecule has 4 rings (SSSR count). The molecule has 10 nitrogen and oxygen atoms in total. The molecule has 13 heteroatoms. The second-order valence-corrected chi connectivity index (χ2v) is 7.60. The highest BCUT2D eigenvalue weighted by Crippen LogP contribution is 2.38. The van der Waals surface area contributed by atoms with E-state index in [0.717, 1.165) is 17.7 Å². The first kappa shape index (κ1) is 21.2. The summed E-state index contributed by atoms with van der Waals surface area (Å²) in [5.41, 5.74) is 1.06. The molecule has 1 atom stereocenters. The third-order valence-corrected chi connectivity index (χ3v) is 5.21. The van der Waals surface area contributed by atoms with Crippen LogP contribution in [-0.2, 0) is 6.54 Å². The molecule has 0 fully saturated rings. The van der Waals surface area contributed by atoms with Crippen LogP contribution in [0.15, 0.2) is 30.5 Å². The van der Waals surface area contributed by atoms with Gasteiger partial charge in [-0.15, -0.1) is 5.10 Å². The number of benzene rings is 1. The third kappa shape index (κ3) is 4.50. The minimum Gasteiger partial charge on any atom is -0.423 e. The van der Waals surface area contributed by atoms with Gasteiger partial charge in [0, 0.05) is 35.5 Å². The molecular weight excluding hydrogens is 449 g/mol. The molecular formula is C18H17ClFN7O3S. The Morgan fingerprint density at radius 1 is 1.42 bits per heavy atom. The zero-order valence-corrected chi connectivity index (χ0v) is 17.9. The molecule has 0 aliphatic carbocycles. The largest absolute Gasteiger partial charge is 0.423 e. The van der Waals surface area contributed by atoms with Crippen molar-refractivity contribution < 1.29 is 18.7 Å². The van der Waals surface area contributed by atoms with Crippen LogP contribution in [0.4, 0.5) is 15.0 Å². The lowest BCUT2D eigenvalue weighted by atomic mass is 10.0. The number of aromatic amines is 1. The van der Waals surface area contributed by atoms with Gasteiger partial charge in [-0.2, -0.15) is 4.98 Å². The van der Waals surface area contributed by atoms with Gasteiger partial charge in [-0.05, 0) is 43.8 Å². The monoisotopic (exact) mass is 465 g/mol. The van der Waals surface area contributed by atoms with E-state index < -0.39 is 11.9 Å². The maximum absolute atomic E-state index is 14.8. The molecule has 0 spiro atoms.